The zero-order valence-electron chi connectivity index (χ0n) is 18.6. The first-order valence-corrected chi connectivity index (χ1v) is 11.9. The summed E-state index contributed by atoms with van der Waals surface area (Å²) in [6.45, 7) is 8.12. The second-order valence-corrected chi connectivity index (χ2v) is 8.50. The Bertz CT molecular complexity index is 956. The fraction of sp³-hybridized carbons (Fsp3) is 0.522. The van der Waals surface area contributed by atoms with Gasteiger partial charge in [0.25, 0.3) is 0 Å². The minimum absolute atomic E-state index is 0.0878. The van der Waals surface area contributed by atoms with Crippen LogP contribution in [0, 0.1) is 0 Å². The number of rotatable bonds is 11. The highest BCUT2D eigenvalue weighted by molar-refractivity contribution is 7.99. The van der Waals surface area contributed by atoms with Crippen molar-refractivity contribution in [2.45, 2.75) is 51.2 Å². The van der Waals surface area contributed by atoms with E-state index < -0.39 is 0 Å². The maximum absolute atomic E-state index is 12.7. The van der Waals surface area contributed by atoms with Gasteiger partial charge in [-0.2, -0.15) is 4.98 Å². The van der Waals surface area contributed by atoms with Crippen molar-refractivity contribution in [1.29, 1.82) is 0 Å². The van der Waals surface area contributed by atoms with Gasteiger partial charge >= 0.3 is 5.69 Å². The molecule has 0 saturated carbocycles. The maximum Gasteiger partial charge on any atom is 0.348 e. The van der Waals surface area contributed by atoms with Gasteiger partial charge < -0.3 is 15.0 Å². The van der Waals surface area contributed by atoms with Gasteiger partial charge in [0.05, 0.1) is 12.9 Å². The SMILES string of the molecule is CCN(CC)CCn1c2c(c(SCC(=O)NCc3ccccc3OC)nc1=O)CCC2. The molecule has 0 unspecified atom stereocenters. The highest BCUT2D eigenvalue weighted by Crippen LogP contribution is 2.29. The number of nitrogens with zero attached hydrogens (tertiary/aromatic N) is 3. The number of hydrogen-bond acceptors (Lipinski definition) is 6. The van der Waals surface area contributed by atoms with Crippen molar-refractivity contribution in [3.05, 3.63) is 51.6 Å². The van der Waals surface area contributed by atoms with Crippen LogP contribution in [0.1, 0.15) is 37.1 Å². The number of carbonyl (C=O) groups is 1. The van der Waals surface area contributed by atoms with E-state index in [9.17, 15) is 9.59 Å². The Morgan fingerprint density at radius 3 is 2.77 bits per heavy atom. The van der Waals surface area contributed by atoms with Crippen LogP contribution in [0.3, 0.4) is 0 Å². The molecule has 168 valence electrons. The Morgan fingerprint density at radius 2 is 2.03 bits per heavy atom. The minimum Gasteiger partial charge on any atom is -0.496 e. The Hall–Kier alpha value is -2.32. The van der Waals surface area contributed by atoms with Crippen molar-refractivity contribution < 1.29 is 9.53 Å². The van der Waals surface area contributed by atoms with Crippen molar-refractivity contribution >= 4 is 17.7 Å². The van der Waals surface area contributed by atoms with Gasteiger partial charge in [-0.25, -0.2) is 4.79 Å². The highest BCUT2D eigenvalue weighted by Gasteiger charge is 2.22. The van der Waals surface area contributed by atoms with Gasteiger partial charge in [0.15, 0.2) is 0 Å². The summed E-state index contributed by atoms with van der Waals surface area (Å²) >= 11 is 1.36. The average molecular weight is 445 g/mol. The Morgan fingerprint density at radius 1 is 1.26 bits per heavy atom. The van der Waals surface area contributed by atoms with Crippen molar-refractivity contribution in [2.24, 2.45) is 0 Å². The molecule has 1 amide bonds. The van der Waals surface area contributed by atoms with Crippen molar-refractivity contribution in [2.75, 3.05) is 32.5 Å². The second-order valence-electron chi connectivity index (χ2n) is 7.53. The fourth-order valence-corrected chi connectivity index (χ4v) is 4.85. The molecule has 1 aromatic carbocycles. The molecule has 0 saturated heterocycles. The predicted octanol–water partition coefficient (Wildman–Crippen LogP) is 2.49. The van der Waals surface area contributed by atoms with Gasteiger partial charge in [-0.15, -0.1) is 0 Å². The smallest absolute Gasteiger partial charge is 0.348 e. The van der Waals surface area contributed by atoms with Gasteiger partial charge in [-0.05, 0) is 38.4 Å². The number of methoxy groups -OCH3 is 1. The summed E-state index contributed by atoms with van der Waals surface area (Å²) in [4.78, 5) is 31.8. The number of thioether (sulfide) groups is 1. The molecule has 1 aliphatic rings. The molecule has 0 spiro atoms. The second kappa shape index (κ2) is 11.3. The van der Waals surface area contributed by atoms with E-state index in [0.29, 0.717) is 18.1 Å². The summed E-state index contributed by atoms with van der Waals surface area (Å²) in [5.41, 5.74) is 2.97. The number of nitrogens with one attached hydrogen (secondary N) is 1. The maximum atomic E-state index is 12.7. The quantitative estimate of drug-likeness (QED) is 0.424. The summed E-state index contributed by atoms with van der Waals surface area (Å²) in [5.74, 6) is 0.899. The lowest BCUT2D eigenvalue weighted by molar-refractivity contribution is -0.118. The first-order valence-electron chi connectivity index (χ1n) is 10.9. The third kappa shape index (κ3) is 5.89. The van der Waals surface area contributed by atoms with Crippen LogP contribution in [0.2, 0.25) is 0 Å². The number of carbonyl (C=O) groups excluding carboxylic acids is 1. The third-order valence-corrected chi connectivity index (χ3v) is 6.76. The Balaban J connectivity index is 1.63. The van der Waals surface area contributed by atoms with Crippen LogP contribution >= 0.6 is 11.8 Å². The van der Waals surface area contributed by atoms with Crippen molar-refractivity contribution in [3.63, 3.8) is 0 Å². The monoisotopic (exact) mass is 444 g/mol. The van der Waals surface area contributed by atoms with E-state index in [2.05, 4.69) is 29.0 Å². The van der Waals surface area contributed by atoms with Gasteiger partial charge in [0.2, 0.25) is 5.91 Å². The fourth-order valence-electron chi connectivity index (χ4n) is 3.95. The molecule has 1 aliphatic carbocycles. The molecule has 0 aliphatic heterocycles. The van der Waals surface area contributed by atoms with Gasteiger partial charge in [-0.3, -0.25) is 9.36 Å². The molecule has 0 atom stereocenters. The topological polar surface area (TPSA) is 76.5 Å². The average Bonchev–Trinajstić information content (AvgIpc) is 3.28. The number of likely N-dealkylation sites (N-methyl/N-ethyl adjacent to an activating group) is 1. The molecule has 3 rings (SSSR count). The molecule has 8 heteroatoms. The summed E-state index contributed by atoms with van der Waals surface area (Å²) < 4.78 is 7.16. The van der Waals surface area contributed by atoms with E-state index in [4.69, 9.17) is 4.74 Å². The lowest BCUT2D eigenvalue weighted by atomic mass is 10.2. The molecule has 1 N–H and O–H groups in total. The third-order valence-electron chi connectivity index (χ3n) is 5.74. The number of fused-ring (bicyclic) bond motifs is 1. The zero-order chi connectivity index (χ0) is 22.2. The largest absolute Gasteiger partial charge is 0.496 e. The number of benzene rings is 1. The van der Waals surface area contributed by atoms with E-state index in [1.807, 2.05) is 28.8 Å². The van der Waals surface area contributed by atoms with Crippen LogP contribution in [-0.2, 0) is 30.7 Å². The van der Waals surface area contributed by atoms with E-state index >= 15 is 0 Å². The summed E-state index contributed by atoms with van der Waals surface area (Å²) in [5, 5.41) is 3.64. The van der Waals surface area contributed by atoms with E-state index in [1.54, 1.807) is 7.11 Å². The highest BCUT2D eigenvalue weighted by atomic mass is 32.2. The minimum atomic E-state index is -0.204. The first kappa shape index (κ1) is 23.3. The molecule has 0 fully saturated rings. The number of hydrogen-bond donors (Lipinski definition) is 1. The zero-order valence-corrected chi connectivity index (χ0v) is 19.5. The molecule has 31 heavy (non-hydrogen) atoms. The molecular formula is C23H32N4O3S. The normalized spacial score (nSPS) is 12.8. The summed E-state index contributed by atoms with van der Waals surface area (Å²) in [6, 6.07) is 7.62. The molecule has 2 aromatic rings. The van der Waals surface area contributed by atoms with Crippen molar-refractivity contribution in [1.82, 2.24) is 19.8 Å². The number of ether oxygens (including phenoxy) is 1. The molecule has 1 aromatic heterocycles. The van der Waals surface area contributed by atoms with Crippen LogP contribution in [0.5, 0.6) is 5.75 Å². The molecule has 1 heterocycles. The number of para-hydroxylation sites is 1. The lowest BCUT2D eigenvalue weighted by Gasteiger charge is -2.20. The molecule has 0 bridgehead atoms. The van der Waals surface area contributed by atoms with E-state index in [0.717, 1.165) is 61.5 Å². The number of aromatic nitrogens is 2. The van der Waals surface area contributed by atoms with E-state index in [1.165, 1.54) is 11.8 Å². The Kier molecular flexibility index (Phi) is 8.54. The van der Waals surface area contributed by atoms with Crippen molar-refractivity contribution in [3.8, 4) is 5.75 Å². The van der Waals surface area contributed by atoms with Gasteiger partial charge in [0.1, 0.15) is 10.8 Å². The predicted molar refractivity (Wildman–Crippen MR) is 124 cm³/mol. The van der Waals surface area contributed by atoms with Crippen LogP contribution in [0.15, 0.2) is 34.1 Å². The van der Waals surface area contributed by atoms with Crippen LogP contribution in [-0.4, -0.2) is 52.9 Å². The molecule has 7 nitrogen and oxygen atoms in total. The summed E-state index contributed by atoms with van der Waals surface area (Å²) in [6.07, 6.45) is 2.84. The lowest BCUT2D eigenvalue weighted by Crippen LogP contribution is -2.34. The molecular weight excluding hydrogens is 412 g/mol. The van der Waals surface area contributed by atoms with Crippen LogP contribution in [0.25, 0.3) is 0 Å². The standard InChI is InChI=1S/C23H32N4O3S/c1-4-26(5-2)13-14-27-19-11-8-10-18(19)22(25-23(27)29)31-16-21(28)24-15-17-9-6-7-12-20(17)30-3/h6-7,9,12H,4-5,8,10-11,13-16H2,1-3H3,(H,24,28). The Labute approximate surface area is 188 Å². The first-order chi connectivity index (χ1) is 15.1. The summed E-state index contributed by atoms with van der Waals surface area (Å²) in [7, 11) is 1.62. The van der Waals surface area contributed by atoms with Crippen LogP contribution < -0.4 is 15.7 Å². The van der Waals surface area contributed by atoms with Gasteiger partial charge in [-0.1, -0.05) is 43.8 Å². The van der Waals surface area contributed by atoms with E-state index in [-0.39, 0.29) is 17.3 Å². The number of amides is 1. The van der Waals surface area contributed by atoms with Gasteiger partial charge in [0, 0.05) is 36.5 Å². The molecule has 0 radical (unpaired) electrons. The van der Waals surface area contributed by atoms with Crippen LogP contribution in [0.4, 0.5) is 0 Å².